The third kappa shape index (κ3) is 5.17. The van der Waals surface area contributed by atoms with Gasteiger partial charge >= 0.3 is 5.97 Å². The molecule has 0 aliphatic heterocycles. The molecule has 2 amide bonds. The van der Waals surface area contributed by atoms with E-state index in [-0.39, 0.29) is 24.2 Å². The van der Waals surface area contributed by atoms with Crippen molar-refractivity contribution in [2.24, 2.45) is 0 Å². The minimum atomic E-state index is -0.304. The molecule has 0 aliphatic carbocycles. The quantitative estimate of drug-likeness (QED) is 0.776. The summed E-state index contributed by atoms with van der Waals surface area (Å²) >= 11 is 0. The van der Waals surface area contributed by atoms with E-state index in [0.29, 0.717) is 29.8 Å². The summed E-state index contributed by atoms with van der Waals surface area (Å²) in [4.78, 5) is 37.7. The lowest BCUT2D eigenvalue weighted by Crippen LogP contribution is -2.29. The molecule has 6 nitrogen and oxygen atoms in total. The molecule has 0 saturated carbocycles. The van der Waals surface area contributed by atoms with E-state index in [0.717, 1.165) is 0 Å². The zero-order valence-corrected chi connectivity index (χ0v) is 14.9. The van der Waals surface area contributed by atoms with Gasteiger partial charge in [-0.3, -0.25) is 14.4 Å². The van der Waals surface area contributed by atoms with Crippen molar-refractivity contribution in [3.05, 3.63) is 65.7 Å². The van der Waals surface area contributed by atoms with Crippen LogP contribution in [0.1, 0.15) is 33.6 Å². The third-order valence-corrected chi connectivity index (χ3v) is 3.89. The van der Waals surface area contributed by atoms with E-state index in [1.807, 2.05) is 6.07 Å². The maximum atomic E-state index is 12.7. The fourth-order valence-corrected chi connectivity index (χ4v) is 2.43. The maximum absolute atomic E-state index is 12.7. The monoisotopic (exact) mass is 354 g/mol. The molecule has 0 radical (unpaired) electrons. The summed E-state index contributed by atoms with van der Waals surface area (Å²) in [7, 11) is 3.00. The minimum absolute atomic E-state index is 0.223. The maximum Gasteiger partial charge on any atom is 0.305 e. The molecule has 0 fully saturated rings. The van der Waals surface area contributed by atoms with Crippen LogP contribution in [0.25, 0.3) is 0 Å². The molecule has 6 heteroatoms. The van der Waals surface area contributed by atoms with Crippen molar-refractivity contribution in [2.45, 2.75) is 12.8 Å². The van der Waals surface area contributed by atoms with Crippen molar-refractivity contribution in [3.8, 4) is 0 Å². The highest BCUT2D eigenvalue weighted by Gasteiger charge is 2.17. The van der Waals surface area contributed by atoms with Crippen LogP contribution in [0.15, 0.2) is 54.6 Å². The van der Waals surface area contributed by atoms with E-state index in [4.69, 9.17) is 0 Å². The Morgan fingerprint density at radius 1 is 1.00 bits per heavy atom. The largest absolute Gasteiger partial charge is 0.469 e. The lowest BCUT2D eigenvalue weighted by atomic mass is 10.1. The SMILES string of the molecule is COC(=O)CCCN(C)C(=O)c1ccccc1NC(=O)c1ccccc1. The lowest BCUT2D eigenvalue weighted by Gasteiger charge is -2.19. The van der Waals surface area contributed by atoms with Gasteiger partial charge in [0.1, 0.15) is 0 Å². The van der Waals surface area contributed by atoms with Crippen molar-refractivity contribution in [1.82, 2.24) is 4.90 Å². The molecule has 26 heavy (non-hydrogen) atoms. The number of esters is 1. The van der Waals surface area contributed by atoms with Crippen LogP contribution in [-0.4, -0.2) is 43.4 Å². The first-order valence-electron chi connectivity index (χ1n) is 8.30. The second-order valence-corrected chi connectivity index (χ2v) is 5.77. The van der Waals surface area contributed by atoms with E-state index in [2.05, 4.69) is 10.1 Å². The number of nitrogens with zero attached hydrogens (tertiary/aromatic N) is 1. The zero-order chi connectivity index (χ0) is 18.9. The number of benzene rings is 2. The fourth-order valence-electron chi connectivity index (χ4n) is 2.43. The minimum Gasteiger partial charge on any atom is -0.469 e. The summed E-state index contributed by atoms with van der Waals surface area (Å²) in [6, 6.07) is 15.7. The van der Waals surface area contributed by atoms with Gasteiger partial charge in [0.25, 0.3) is 11.8 Å². The summed E-state index contributed by atoms with van der Waals surface area (Å²) in [6.07, 6.45) is 0.758. The highest BCUT2D eigenvalue weighted by Crippen LogP contribution is 2.18. The lowest BCUT2D eigenvalue weighted by molar-refractivity contribution is -0.140. The molecule has 136 valence electrons. The number of nitrogens with one attached hydrogen (secondary N) is 1. The molecule has 0 saturated heterocycles. The summed E-state index contributed by atoms with van der Waals surface area (Å²) < 4.78 is 4.59. The number of carbonyl (C=O) groups excluding carboxylic acids is 3. The van der Waals surface area contributed by atoms with Crippen LogP contribution in [0.2, 0.25) is 0 Å². The van der Waals surface area contributed by atoms with Crippen molar-refractivity contribution >= 4 is 23.5 Å². The molecular weight excluding hydrogens is 332 g/mol. The standard InChI is InChI=1S/C20H22N2O4/c1-22(14-8-13-18(23)26-2)20(25)16-11-6-7-12-17(16)21-19(24)15-9-4-3-5-10-15/h3-7,9-12H,8,13-14H2,1-2H3,(H,21,24). The van der Waals surface area contributed by atoms with Gasteiger partial charge < -0.3 is 15.0 Å². The Morgan fingerprint density at radius 2 is 1.65 bits per heavy atom. The third-order valence-electron chi connectivity index (χ3n) is 3.89. The van der Waals surface area contributed by atoms with Crippen molar-refractivity contribution < 1.29 is 19.1 Å². The molecule has 0 spiro atoms. The molecular formula is C20H22N2O4. The number of rotatable bonds is 7. The highest BCUT2D eigenvalue weighted by molar-refractivity contribution is 6.08. The second kappa shape index (κ2) is 9.36. The Morgan fingerprint density at radius 3 is 2.35 bits per heavy atom. The first-order valence-corrected chi connectivity index (χ1v) is 8.30. The Bertz CT molecular complexity index is 774. The summed E-state index contributed by atoms with van der Waals surface area (Å²) in [5, 5.41) is 2.79. The number of ether oxygens (including phenoxy) is 1. The fraction of sp³-hybridized carbons (Fsp3) is 0.250. The van der Waals surface area contributed by atoms with Crippen LogP contribution >= 0.6 is 0 Å². The van der Waals surface area contributed by atoms with Gasteiger partial charge in [0.05, 0.1) is 18.4 Å². The van der Waals surface area contributed by atoms with Gasteiger partial charge in [-0.2, -0.15) is 0 Å². The van der Waals surface area contributed by atoms with Gasteiger partial charge in [-0.15, -0.1) is 0 Å². The smallest absolute Gasteiger partial charge is 0.305 e. The average Bonchev–Trinajstić information content (AvgIpc) is 2.68. The first kappa shape index (κ1) is 19.2. The van der Waals surface area contributed by atoms with Crippen LogP contribution in [0.5, 0.6) is 0 Å². The van der Waals surface area contributed by atoms with Crippen LogP contribution in [0.3, 0.4) is 0 Å². The van der Waals surface area contributed by atoms with E-state index >= 15 is 0 Å². The molecule has 0 bridgehead atoms. The summed E-state index contributed by atoms with van der Waals surface area (Å²) in [5.74, 6) is -0.806. The van der Waals surface area contributed by atoms with Gasteiger partial charge in [0.2, 0.25) is 0 Å². The van der Waals surface area contributed by atoms with E-state index in [9.17, 15) is 14.4 Å². The van der Waals surface area contributed by atoms with Crippen LogP contribution in [0, 0.1) is 0 Å². The van der Waals surface area contributed by atoms with Crippen molar-refractivity contribution in [3.63, 3.8) is 0 Å². The Balaban J connectivity index is 2.06. The van der Waals surface area contributed by atoms with Crippen molar-refractivity contribution in [1.29, 1.82) is 0 Å². The van der Waals surface area contributed by atoms with E-state index < -0.39 is 0 Å². The van der Waals surface area contributed by atoms with Crippen LogP contribution in [-0.2, 0) is 9.53 Å². The topological polar surface area (TPSA) is 75.7 Å². The Hall–Kier alpha value is -3.15. The number of para-hydroxylation sites is 1. The second-order valence-electron chi connectivity index (χ2n) is 5.77. The van der Waals surface area contributed by atoms with E-state index in [1.165, 1.54) is 12.0 Å². The van der Waals surface area contributed by atoms with Gasteiger partial charge in [0, 0.05) is 25.6 Å². The summed E-state index contributed by atoms with van der Waals surface area (Å²) in [5.41, 5.74) is 1.37. The average molecular weight is 354 g/mol. The van der Waals surface area contributed by atoms with E-state index in [1.54, 1.807) is 55.6 Å². The molecule has 0 heterocycles. The first-order chi connectivity index (χ1) is 12.5. The molecule has 0 unspecified atom stereocenters. The highest BCUT2D eigenvalue weighted by atomic mass is 16.5. The van der Waals surface area contributed by atoms with Gasteiger partial charge in [-0.25, -0.2) is 0 Å². The normalized spacial score (nSPS) is 10.1. The molecule has 0 atom stereocenters. The van der Waals surface area contributed by atoms with Gasteiger partial charge in [-0.05, 0) is 30.7 Å². The zero-order valence-electron chi connectivity index (χ0n) is 14.9. The molecule has 1 N–H and O–H groups in total. The Kier molecular flexibility index (Phi) is 6.91. The Labute approximate surface area is 152 Å². The molecule has 0 aromatic heterocycles. The number of carbonyl (C=O) groups is 3. The molecule has 0 aliphatic rings. The van der Waals surface area contributed by atoms with Gasteiger partial charge in [0.15, 0.2) is 0 Å². The predicted octanol–water partition coefficient (Wildman–Crippen LogP) is 2.96. The number of amides is 2. The summed E-state index contributed by atoms with van der Waals surface area (Å²) in [6.45, 7) is 0.412. The van der Waals surface area contributed by atoms with Crippen LogP contribution < -0.4 is 5.32 Å². The molecule has 2 aromatic rings. The number of hydrogen-bond donors (Lipinski definition) is 1. The number of hydrogen-bond acceptors (Lipinski definition) is 4. The molecule has 2 rings (SSSR count). The predicted molar refractivity (Wildman–Crippen MR) is 99.0 cm³/mol. The molecule has 2 aromatic carbocycles. The van der Waals surface area contributed by atoms with Crippen molar-refractivity contribution in [2.75, 3.05) is 26.0 Å². The van der Waals surface area contributed by atoms with Crippen LogP contribution in [0.4, 0.5) is 5.69 Å². The van der Waals surface area contributed by atoms with Gasteiger partial charge in [-0.1, -0.05) is 30.3 Å². The number of anilines is 1. The number of methoxy groups -OCH3 is 1.